The van der Waals surface area contributed by atoms with Crippen LogP contribution in [0.3, 0.4) is 0 Å². The number of esters is 1. The summed E-state index contributed by atoms with van der Waals surface area (Å²) in [4.78, 5) is 25.4. The molecular weight excluding hydrogens is 518 g/mol. The highest BCUT2D eigenvalue weighted by atomic mass is 35.5. The van der Waals surface area contributed by atoms with Gasteiger partial charge < -0.3 is 23.9 Å². The lowest BCUT2D eigenvalue weighted by molar-refractivity contribution is -0.149. The third-order valence-corrected chi connectivity index (χ3v) is 6.31. The predicted octanol–water partition coefficient (Wildman–Crippen LogP) is 6.05. The Bertz CT molecular complexity index is 1450. The number of hydrogen-bond donors (Lipinski definition) is 1. The van der Waals surface area contributed by atoms with Crippen LogP contribution in [0.4, 0.5) is 0 Å². The van der Waals surface area contributed by atoms with E-state index in [0.29, 0.717) is 52.0 Å². The van der Waals surface area contributed by atoms with Crippen molar-refractivity contribution in [2.75, 3.05) is 26.3 Å². The molecule has 1 aromatic heterocycles. The number of carbonyl (C=O) groups excluding carboxylic acids is 1. The molecule has 0 radical (unpaired) electrons. The van der Waals surface area contributed by atoms with Gasteiger partial charge in [0.1, 0.15) is 35.6 Å². The topological polar surface area (TPSA) is 87.0 Å². The molecule has 1 atom stereocenters. The first kappa shape index (κ1) is 28.2. The first-order chi connectivity index (χ1) is 19.0. The van der Waals surface area contributed by atoms with Gasteiger partial charge in [-0.15, -0.1) is 0 Å². The van der Waals surface area contributed by atoms with Crippen molar-refractivity contribution >= 4 is 28.5 Å². The number of ether oxygens (including phenoxy) is 3. The summed E-state index contributed by atoms with van der Waals surface area (Å²) in [5.41, 5.74) is 1.75. The minimum absolute atomic E-state index is 0.0267. The van der Waals surface area contributed by atoms with Gasteiger partial charge >= 0.3 is 5.97 Å². The monoisotopic (exact) mass is 549 g/mol. The molecule has 0 fully saturated rings. The molecule has 8 heteroatoms. The van der Waals surface area contributed by atoms with Gasteiger partial charge in [-0.1, -0.05) is 54.9 Å². The van der Waals surface area contributed by atoms with E-state index in [0.717, 1.165) is 18.5 Å². The lowest BCUT2D eigenvalue weighted by atomic mass is 10.1. The Morgan fingerprint density at radius 2 is 1.74 bits per heavy atom. The maximum Gasteiger partial charge on any atom is 0.310 e. The summed E-state index contributed by atoms with van der Waals surface area (Å²) in [6.45, 7) is 5.81. The van der Waals surface area contributed by atoms with E-state index < -0.39 is 12.1 Å². The summed E-state index contributed by atoms with van der Waals surface area (Å²) >= 11 is 6.34. The number of halogens is 1. The Labute approximate surface area is 232 Å². The van der Waals surface area contributed by atoms with Crippen molar-refractivity contribution in [3.8, 4) is 22.8 Å². The molecule has 204 valence electrons. The molecule has 0 saturated heterocycles. The van der Waals surface area contributed by atoms with Gasteiger partial charge in [0.2, 0.25) is 0 Å². The molecule has 0 spiro atoms. The molecule has 1 heterocycles. The SMILES string of the molecule is CCCNCC(COc1ccc2c(=O)cc(-c3ccccc3)oc2c1)OC(=O)Cc1ccc(OCC)cc1Cl. The van der Waals surface area contributed by atoms with Crippen LogP contribution in [0.25, 0.3) is 22.3 Å². The summed E-state index contributed by atoms with van der Waals surface area (Å²) in [7, 11) is 0. The third-order valence-electron chi connectivity index (χ3n) is 5.96. The molecule has 4 rings (SSSR count). The van der Waals surface area contributed by atoms with Crippen LogP contribution in [0.2, 0.25) is 5.02 Å². The first-order valence-electron chi connectivity index (χ1n) is 13.0. The Morgan fingerprint density at radius 3 is 2.49 bits per heavy atom. The zero-order valence-corrected chi connectivity index (χ0v) is 22.8. The van der Waals surface area contributed by atoms with Gasteiger partial charge in [-0.25, -0.2) is 0 Å². The van der Waals surface area contributed by atoms with E-state index in [1.54, 1.807) is 36.4 Å². The average molecular weight is 550 g/mol. The van der Waals surface area contributed by atoms with Crippen LogP contribution in [-0.4, -0.2) is 38.4 Å². The minimum Gasteiger partial charge on any atom is -0.494 e. The predicted molar refractivity (Wildman–Crippen MR) is 153 cm³/mol. The molecule has 0 amide bonds. The van der Waals surface area contributed by atoms with Crippen LogP contribution < -0.4 is 20.2 Å². The molecule has 7 nitrogen and oxygen atoms in total. The molecule has 3 aromatic carbocycles. The average Bonchev–Trinajstić information content (AvgIpc) is 2.93. The number of carbonyl (C=O) groups is 1. The number of benzene rings is 3. The summed E-state index contributed by atoms with van der Waals surface area (Å²) in [6, 6.07) is 21.2. The van der Waals surface area contributed by atoms with Crippen LogP contribution >= 0.6 is 11.6 Å². The normalized spacial score (nSPS) is 11.8. The van der Waals surface area contributed by atoms with Crippen molar-refractivity contribution in [1.82, 2.24) is 5.32 Å². The van der Waals surface area contributed by atoms with Crippen LogP contribution in [-0.2, 0) is 16.0 Å². The maximum absolute atomic E-state index is 12.8. The van der Waals surface area contributed by atoms with Gasteiger partial charge in [-0.2, -0.15) is 0 Å². The highest BCUT2D eigenvalue weighted by molar-refractivity contribution is 6.31. The van der Waals surface area contributed by atoms with Crippen molar-refractivity contribution in [2.45, 2.75) is 32.8 Å². The standard InChI is InChI=1S/C31H32ClNO6/c1-3-14-33-19-25(38-31(35)15-22-10-11-23(36-4-2)16-27(22)32)20-37-24-12-13-26-28(34)18-29(39-30(26)17-24)21-8-6-5-7-9-21/h5-13,16-18,25,33H,3-4,14-15,19-20H2,1-2H3. The second kappa shape index (κ2) is 13.8. The van der Waals surface area contributed by atoms with Gasteiger partial charge in [-0.3, -0.25) is 9.59 Å². The minimum atomic E-state index is -0.538. The maximum atomic E-state index is 12.8. The molecular formula is C31H32ClNO6. The zero-order valence-electron chi connectivity index (χ0n) is 22.1. The van der Waals surface area contributed by atoms with Crippen molar-refractivity contribution < 1.29 is 23.4 Å². The highest BCUT2D eigenvalue weighted by Crippen LogP contribution is 2.26. The zero-order chi connectivity index (χ0) is 27.6. The van der Waals surface area contributed by atoms with Crippen molar-refractivity contribution in [1.29, 1.82) is 0 Å². The van der Waals surface area contributed by atoms with E-state index in [1.807, 2.05) is 37.3 Å². The summed E-state index contributed by atoms with van der Waals surface area (Å²) in [5.74, 6) is 1.22. The molecule has 0 saturated carbocycles. The van der Waals surface area contributed by atoms with Crippen LogP contribution in [0.1, 0.15) is 25.8 Å². The van der Waals surface area contributed by atoms with Crippen LogP contribution in [0.5, 0.6) is 11.5 Å². The van der Waals surface area contributed by atoms with E-state index in [2.05, 4.69) is 12.2 Å². The highest BCUT2D eigenvalue weighted by Gasteiger charge is 2.18. The molecule has 1 unspecified atom stereocenters. The molecule has 0 bridgehead atoms. The Kier molecular flexibility index (Phi) is 10.00. The van der Waals surface area contributed by atoms with Crippen molar-refractivity contribution in [2.24, 2.45) is 0 Å². The number of fused-ring (bicyclic) bond motifs is 1. The fourth-order valence-corrected chi connectivity index (χ4v) is 4.28. The second-order valence-electron chi connectivity index (χ2n) is 8.99. The lowest BCUT2D eigenvalue weighted by Crippen LogP contribution is -2.36. The van der Waals surface area contributed by atoms with Crippen molar-refractivity contribution in [3.05, 3.63) is 93.6 Å². The van der Waals surface area contributed by atoms with Gasteiger partial charge in [0.25, 0.3) is 0 Å². The van der Waals surface area contributed by atoms with E-state index in [9.17, 15) is 9.59 Å². The molecule has 4 aromatic rings. The van der Waals surface area contributed by atoms with Gasteiger partial charge in [0.05, 0.1) is 18.4 Å². The van der Waals surface area contributed by atoms with E-state index in [1.165, 1.54) is 6.07 Å². The lowest BCUT2D eigenvalue weighted by Gasteiger charge is -2.19. The molecule has 1 N–H and O–H groups in total. The first-order valence-corrected chi connectivity index (χ1v) is 13.4. The van der Waals surface area contributed by atoms with Crippen molar-refractivity contribution in [3.63, 3.8) is 0 Å². The molecule has 0 aliphatic rings. The number of hydrogen-bond acceptors (Lipinski definition) is 7. The summed E-state index contributed by atoms with van der Waals surface area (Å²) < 4.78 is 23.2. The number of nitrogens with one attached hydrogen (secondary N) is 1. The molecule has 0 aliphatic carbocycles. The Hall–Kier alpha value is -3.81. The van der Waals surface area contributed by atoms with Crippen LogP contribution in [0.15, 0.2) is 82.0 Å². The van der Waals surface area contributed by atoms with E-state index in [4.69, 9.17) is 30.2 Å². The Morgan fingerprint density at radius 1 is 0.974 bits per heavy atom. The largest absolute Gasteiger partial charge is 0.494 e. The van der Waals surface area contributed by atoms with Gasteiger partial charge in [0, 0.05) is 29.3 Å². The van der Waals surface area contributed by atoms with Gasteiger partial charge in [-0.05, 0) is 49.7 Å². The van der Waals surface area contributed by atoms with E-state index >= 15 is 0 Å². The molecule has 39 heavy (non-hydrogen) atoms. The third kappa shape index (κ3) is 7.85. The summed E-state index contributed by atoms with van der Waals surface area (Å²) in [6.07, 6.45) is 0.430. The molecule has 0 aliphatic heterocycles. The van der Waals surface area contributed by atoms with E-state index in [-0.39, 0.29) is 18.5 Å². The van der Waals surface area contributed by atoms with Crippen LogP contribution in [0, 0.1) is 0 Å². The quantitative estimate of drug-likeness (QED) is 0.160. The smallest absolute Gasteiger partial charge is 0.310 e. The number of rotatable bonds is 13. The fourth-order valence-electron chi connectivity index (χ4n) is 4.04. The fraction of sp³-hybridized carbons (Fsp3) is 0.290. The van der Waals surface area contributed by atoms with Gasteiger partial charge in [0.15, 0.2) is 5.43 Å². The summed E-state index contributed by atoms with van der Waals surface area (Å²) in [5, 5.41) is 4.18. The Balaban J connectivity index is 1.45. The second-order valence-corrected chi connectivity index (χ2v) is 9.40.